The molecule has 0 atom stereocenters. The Labute approximate surface area is 250 Å². The summed E-state index contributed by atoms with van der Waals surface area (Å²) in [6.07, 6.45) is 3.64. The Bertz CT molecular complexity index is 1770. The molecule has 1 saturated heterocycles. The van der Waals surface area contributed by atoms with Gasteiger partial charge in [0.05, 0.1) is 11.8 Å². The summed E-state index contributed by atoms with van der Waals surface area (Å²) in [5.41, 5.74) is 5.88. The Morgan fingerprint density at radius 1 is 0.814 bits per heavy atom. The fourth-order valence-corrected chi connectivity index (χ4v) is 5.64. The van der Waals surface area contributed by atoms with Crippen LogP contribution in [0.4, 0.5) is 21.5 Å². The first-order valence-corrected chi connectivity index (χ1v) is 14.6. The number of rotatable bonds is 9. The van der Waals surface area contributed by atoms with E-state index in [1.54, 1.807) is 12.1 Å². The maximum atomic E-state index is 15.0. The van der Waals surface area contributed by atoms with Crippen LogP contribution >= 0.6 is 0 Å². The van der Waals surface area contributed by atoms with E-state index in [2.05, 4.69) is 10.2 Å². The molecule has 0 saturated carbocycles. The van der Waals surface area contributed by atoms with Crippen molar-refractivity contribution < 1.29 is 19.1 Å². The molecule has 1 aliphatic rings. The van der Waals surface area contributed by atoms with Crippen molar-refractivity contribution in [1.29, 1.82) is 0 Å². The zero-order chi connectivity index (χ0) is 29.9. The van der Waals surface area contributed by atoms with Gasteiger partial charge in [-0.25, -0.2) is 4.39 Å². The molecule has 0 bridgehead atoms. The predicted octanol–water partition coefficient (Wildman–Crippen LogP) is 6.87. The van der Waals surface area contributed by atoms with Crippen LogP contribution in [0.2, 0.25) is 0 Å². The van der Waals surface area contributed by atoms with Crippen molar-refractivity contribution in [2.24, 2.45) is 7.05 Å². The van der Waals surface area contributed by atoms with Gasteiger partial charge in [0.25, 0.3) is 0 Å². The molecule has 1 aromatic heterocycles. The second-order valence-corrected chi connectivity index (χ2v) is 11.3. The van der Waals surface area contributed by atoms with Gasteiger partial charge in [0.1, 0.15) is 5.82 Å². The van der Waals surface area contributed by atoms with Gasteiger partial charge < -0.3 is 19.9 Å². The summed E-state index contributed by atoms with van der Waals surface area (Å²) in [5.74, 6) is -0.469. The maximum absolute atomic E-state index is 15.0. The van der Waals surface area contributed by atoms with E-state index in [-0.39, 0.29) is 30.5 Å². The third-order valence-electron chi connectivity index (χ3n) is 8.22. The number of carbonyl (C=O) groups is 2. The molecule has 2 heterocycles. The van der Waals surface area contributed by atoms with Crippen molar-refractivity contribution in [2.45, 2.75) is 31.8 Å². The fourth-order valence-electron chi connectivity index (χ4n) is 5.64. The molecule has 0 spiro atoms. The highest BCUT2D eigenvalue weighted by atomic mass is 19.1. The Morgan fingerprint density at radius 3 is 2.19 bits per heavy atom. The number of nitrogens with one attached hydrogen (secondary N) is 1. The van der Waals surface area contributed by atoms with Crippen LogP contribution in [0.3, 0.4) is 0 Å². The van der Waals surface area contributed by atoms with Gasteiger partial charge in [-0.3, -0.25) is 9.59 Å². The van der Waals surface area contributed by atoms with Crippen LogP contribution in [-0.2, 0) is 19.9 Å². The van der Waals surface area contributed by atoms with Crippen LogP contribution in [0.5, 0.6) is 0 Å². The Kier molecular flexibility index (Phi) is 8.07. The highest BCUT2D eigenvalue weighted by Crippen LogP contribution is 2.25. The van der Waals surface area contributed by atoms with Crippen molar-refractivity contribution >= 4 is 39.5 Å². The third-order valence-corrected chi connectivity index (χ3v) is 8.22. The number of benzene rings is 4. The number of carbonyl (C=O) groups excluding carboxylic acids is 2. The first-order chi connectivity index (χ1) is 20.8. The van der Waals surface area contributed by atoms with Crippen LogP contribution in [0.1, 0.15) is 44.7 Å². The lowest BCUT2D eigenvalue weighted by molar-refractivity contribution is 0.0985. The van der Waals surface area contributed by atoms with E-state index < -0.39 is 5.82 Å². The van der Waals surface area contributed by atoms with Gasteiger partial charge in [-0.1, -0.05) is 18.2 Å². The van der Waals surface area contributed by atoms with Crippen LogP contribution in [0.15, 0.2) is 97.2 Å². The Morgan fingerprint density at radius 2 is 1.47 bits per heavy atom. The van der Waals surface area contributed by atoms with E-state index >= 15 is 0 Å². The molecule has 0 amide bonds. The molecule has 1 aliphatic heterocycles. The molecule has 7 heteroatoms. The van der Waals surface area contributed by atoms with Gasteiger partial charge in [0.15, 0.2) is 11.6 Å². The number of nitrogens with zero attached hydrogens (tertiary/aromatic N) is 2. The van der Waals surface area contributed by atoms with Gasteiger partial charge in [-0.15, -0.1) is 0 Å². The molecule has 4 aromatic carbocycles. The summed E-state index contributed by atoms with van der Waals surface area (Å²) in [7, 11) is 1.96. The zero-order valence-corrected chi connectivity index (χ0v) is 24.1. The molecular weight excluding hydrogens is 541 g/mol. The smallest absolute Gasteiger partial charge is 0.167 e. The average molecular weight is 576 g/mol. The van der Waals surface area contributed by atoms with Gasteiger partial charge in [-0.2, -0.15) is 0 Å². The molecule has 0 unspecified atom stereocenters. The molecule has 6 rings (SSSR count). The number of fused-ring (bicyclic) bond motifs is 1. The Hall–Kier alpha value is -4.75. The summed E-state index contributed by atoms with van der Waals surface area (Å²) in [5, 5.41) is 13.8. The van der Waals surface area contributed by atoms with E-state index in [1.807, 2.05) is 90.6 Å². The number of ketones is 2. The van der Waals surface area contributed by atoms with Crippen molar-refractivity contribution in [3.63, 3.8) is 0 Å². The molecule has 5 aromatic rings. The second kappa shape index (κ2) is 12.2. The summed E-state index contributed by atoms with van der Waals surface area (Å²) < 4.78 is 17.0. The van der Waals surface area contributed by atoms with Crippen molar-refractivity contribution in [3.8, 4) is 0 Å². The summed E-state index contributed by atoms with van der Waals surface area (Å²) in [6.45, 7) is 1.63. The number of halogens is 1. The fraction of sp³-hybridized carbons (Fsp3) is 0.222. The van der Waals surface area contributed by atoms with Crippen molar-refractivity contribution in [3.05, 3.63) is 125 Å². The first kappa shape index (κ1) is 28.4. The SMILES string of the molecule is Cn1ccc2cc(C(=O)Cc3ccc(Nc4ccc(CC(=O)c5ccc(N6CCC(O)CC6)cc5)cc4)c(F)c3)ccc21. The zero-order valence-electron chi connectivity index (χ0n) is 24.1. The Balaban J connectivity index is 1.04. The largest absolute Gasteiger partial charge is 0.393 e. The van der Waals surface area contributed by atoms with Gasteiger partial charge in [0.2, 0.25) is 0 Å². The van der Waals surface area contributed by atoms with Crippen LogP contribution in [-0.4, -0.2) is 40.4 Å². The van der Waals surface area contributed by atoms with Crippen LogP contribution in [0, 0.1) is 5.82 Å². The van der Waals surface area contributed by atoms with E-state index in [9.17, 15) is 19.1 Å². The molecular formula is C36H34FN3O3. The number of aromatic nitrogens is 1. The molecule has 1 fully saturated rings. The minimum Gasteiger partial charge on any atom is -0.393 e. The van der Waals surface area contributed by atoms with E-state index in [1.165, 1.54) is 6.07 Å². The maximum Gasteiger partial charge on any atom is 0.167 e. The summed E-state index contributed by atoms with van der Waals surface area (Å²) >= 11 is 0. The molecule has 43 heavy (non-hydrogen) atoms. The number of hydrogen-bond acceptors (Lipinski definition) is 5. The minimum atomic E-state index is -0.438. The molecule has 6 nitrogen and oxygen atoms in total. The molecule has 0 radical (unpaired) electrons. The van der Waals surface area contributed by atoms with Crippen LogP contribution < -0.4 is 10.2 Å². The van der Waals surface area contributed by atoms with E-state index in [4.69, 9.17) is 0 Å². The number of aliphatic hydroxyl groups excluding tert-OH is 1. The predicted molar refractivity (Wildman–Crippen MR) is 169 cm³/mol. The third kappa shape index (κ3) is 6.52. The first-order valence-electron chi connectivity index (χ1n) is 14.6. The normalized spacial score (nSPS) is 13.8. The van der Waals surface area contributed by atoms with Gasteiger partial charge in [0, 0.05) is 72.6 Å². The van der Waals surface area contributed by atoms with Crippen LogP contribution in [0.25, 0.3) is 10.9 Å². The second-order valence-electron chi connectivity index (χ2n) is 11.3. The summed E-state index contributed by atoms with van der Waals surface area (Å²) in [4.78, 5) is 28.0. The topological polar surface area (TPSA) is 74.6 Å². The number of aliphatic hydroxyl groups is 1. The van der Waals surface area contributed by atoms with Gasteiger partial charge >= 0.3 is 0 Å². The summed E-state index contributed by atoms with van der Waals surface area (Å²) in [6, 6.07) is 27.4. The average Bonchev–Trinajstić information content (AvgIpc) is 3.39. The number of Topliss-reactive ketones (excluding diaryl/α,β-unsaturated/α-hetero) is 2. The van der Waals surface area contributed by atoms with E-state index in [0.29, 0.717) is 28.1 Å². The van der Waals surface area contributed by atoms with E-state index in [0.717, 1.165) is 48.1 Å². The lowest BCUT2D eigenvalue weighted by Crippen LogP contribution is -2.35. The number of piperidine rings is 1. The monoisotopic (exact) mass is 575 g/mol. The van der Waals surface area contributed by atoms with Crippen molar-refractivity contribution in [2.75, 3.05) is 23.3 Å². The quantitative estimate of drug-likeness (QED) is 0.188. The van der Waals surface area contributed by atoms with Gasteiger partial charge in [-0.05, 0) is 96.8 Å². The standard InChI is InChI=1S/C36H34FN3O3/c1-39-17-14-27-23-28(7-13-34(27)39)36(43)22-25-4-12-33(32(37)20-25)38-29-8-2-24(3-9-29)21-35(42)26-5-10-30(11-6-26)40-18-15-31(41)16-19-40/h2-14,17,20,23,31,38,41H,15-16,18-19,21-22H2,1H3. The number of aryl methyl sites for hydroxylation is 1. The lowest BCUT2D eigenvalue weighted by atomic mass is 10.0. The van der Waals surface area contributed by atoms with Crippen molar-refractivity contribution in [1.82, 2.24) is 4.57 Å². The molecule has 218 valence electrons. The molecule has 0 aliphatic carbocycles. The highest BCUT2D eigenvalue weighted by Gasteiger charge is 2.18. The molecule has 2 N–H and O–H groups in total. The lowest BCUT2D eigenvalue weighted by Gasteiger charge is -2.31. The minimum absolute atomic E-state index is 0.0289. The highest BCUT2D eigenvalue weighted by molar-refractivity contribution is 6.01. The number of anilines is 3. The number of hydrogen-bond donors (Lipinski definition) is 2.